The molecule has 0 saturated heterocycles. The van der Waals surface area contributed by atoms with E-state index in [2.05, 4.69) is 10.3 Å². The number of para-hydroxylation sites is 1. The number of hydrogen-bond acceptors (Lipinski definition) is 4. The Morgan fingerprint density at radius 3 is 2.74 bits per heavy atom. The first-order chi connectivity index (χ1) is 13.0. The fourth-order valence-electron chi connectivity index (χ4n) is 2.53. The molecule has 0 aliphatic rings. The van der Waals surface area contributed by atoms with Crippen LogP contribution in [0.15, 0.2) is 52.4 Å². The lowest BCUT2D eigenvalue weighted by molar-refractivity contribution is -0.118. The molecule has 27 heavy (non-hydrogen) atoms. The lowest BCUT2D eigenvalue weighted by Gasteiger charge is -2.14. The highest BCUT2D eigenvalue weighted by Gasteiger charge is 2.16. The van der Waals surface area contributed by atoms with Crippen LogP contribution in [-0.2, 0) is 4.79 Å². The number of aromatic nitrogens is 2. The summed E-state index contributed by atoms with van der Waals surface area (Å²) in [6, 6.07) is 12.0. The van der Waals surface area contributed by atoms with E-state index in [9.17, 15) is 9.59 Å². The first-order valence-corrected chi connectivity index (χ1v) is 10.1. The van der Waals surface area contributed by atoms with Gasteiger partial charge in [0.05, 0.1) is 27.4 Å². The van der Waals surface area contributed by atoms with Gasteiger partial charge in [-0.05, 0) is 36.8 Å². The monoisotopic (exact) mass is 421 g/mol. The zero-order valence-electron chi connectivity index (χ0n) is 14.5. The number of halogens is 2. The summed E-state index contributed by atoms with van der Waals surface area (Å²) in [7, 11) is 0. The Morgan fingerprint density at radius 2 is 2.00 bits per heavy atom. The number of benzene rings is 2. The third-order valence-electron chi connectivity index (χ3n) is 3.80. The Bertz CT molecular complexity index is 1050. The van der Waals surface area contributed by atoms with E-state index < -0.39 is 0 Å². The molecule has 3 rings (SSSR count). The van der Waals surface area contributed by atoms with E-state index in [1.165, 1.54) is 16.3 Å². The number of rotatable bonds is 6. The zero-order valence-corrected chi connectivity index (χ0v) is 16.9. The number of nitrogens with zero attached hydrogens (tertiary/aromatic N) is 2. The van der Waals surface area contributed by atoms with Crippen LogP contribution in [0, 0.1) is 0 Å². The number of amides is 1. The summed E-state index contributed by atoms with van der Waals surface area (Å²) in [5.74, 6) is 0.0358. The molecule has 1 aromatic heterocycles. The van der Waals surface area contributed by atoms with Crippen molar-refractivity contribution in [1.82, 2.24) is 14.9 Å². The van der Waals surface area contributed by atoms with Crippen molar-refractivity contribution >= 4 is 51.8 Å². The Morgan fingerprint density at radius 1 is 1.22 bits per heavy atom. The first-order valence-electron chi connectivity index (χ1n) is 8.38. The van der Waals surface area contributed by atoms with Crippen LogP contribution in [0.3, 0.4) is 0 Å². The number of carbonyl (C=O) groups is 1. The van der Waals surface area contributed by atoms with Crippen LogP contribution in [0.2, 0.25) is 10.0 Å². The van der Waals surface area contributed by atoms with E-state index in [0.29, 0.717) is 38.3 Å². The van der Waals surface area contributed by atoms with E-state index in [1.54, 1.807) is 36.4 Å². The Labute approximate surface area is 170 Å². The van der Waals surface area contributed by atoms with E-state index >= 15 is 0 Å². The molecule has 1 heterocycles. The van der Waals surface area contributed by atoms with Crippen LogP contribution in [-0.4, -0.2) is 27.8 Å². The molecule has 0 bridgehead atoms. The highest BCUT2D eigenvalue weighted by Crippen LogP contribution is 2.28. The van der Waals surface area contributed by atoms with E-state index in [4.69, 9.17) is 23.2 Å². The van der Waals surface area contributed by atoms with Gasteiger partial charge in [0, 0.05) is 11.6 Å². The molecule has 0 fully saturated rings. The van der Waals surface area contributed by atoms with Crippen molar-refractivity contribution in [2.75, 3.05) is 12.3 Å². The van der Waals surface area contributed by atoms with Crippen LogP contribution in [0.25, 0.3) is 16.6 Å². The van der Waals surface area contributed by atoms with Crippen molar-refractivity contribution in [3.05, 3.63) is 62.9 Å². The number of nitrogens with one attached hydrogen (secondary N) is 1. The third-order valence-corrected chi connectivity index (χ3v) is 5.28. The molecule has 0 saturated carbocycles. The SMILES string of the molecule is CCCNC(=O)CSc1nc2ccccc2c(=O)n1-c1ccc(Cl)cc1Cl. The molecule has 0 radical (unpaired) electrons. The van der Waals surface area contributed by atoms with Gasteiger partial charge in [-0.3, -0.25) is 14.2 Å². The molecule has 1 amide bonds. The van der Waals surface area contributed by atoms with Gasteiger partial charge in [0.1, 0.15) is 0 Å². The van der Waals surface area contributed by atoms with Crippen LogP contribution in [0.5, 0.6) is 0 Å². The summed E-state index contributed by atoms with van der Waals surface area (Å²) in [6.45, 7) is 2.60. The van der Waals surface area contributed by atoms with Crippen molar-refractivity contribution in [2.24, 2.45) is 0 Å². The highest BCUT2D eigenvalue weighted by molar-refractivity contribution is 7.99. The lowest BCUT2D eigenvalue weighted by atomic mass is 10.2. The van der Waals surface area contributed by atoms with Crippen molar-refractivity contribution in [2.45, 2.75) is 18.5 Å². The maximum absolute atomic E-state index is 13.1. The van der Waals surface area contributed by atoms with Gasteiger partial charge in [-0.15, -0.1) is 0 Å². The van der Waals surface area contributed by atoms with Crippen LogP contribution >= 0.6 is 35.0 Å². The zero-order chi connectivity index (χ0) is 19.4. The fourth-order valence-corrected chi connectivity index (χ4v) is 3.86. The van der Waals surface area contributed by atoms with Gasteiger partial charge in [0.15, 0.2) is 5.16 Å². The van der Waals surface area contributed by atoms with Crippen molar-refractivity contribution in [3.63, 3.8) is 0 Å². The van der Waals surface area contributed by atoms with Crippen LogP contribution < -0.4 is 10.9 Å². The van der Waals surface area contributed by atoms with Gasteiger partial charge in [0.25, 0.3) is 5.56 Å². The molecule has 1 N–H and O–H groups in total. The minimum Gasteiger partial charge on any atom is -0.355 e. The largest absolute Gasteiger partial charge is 0.355 e. The van der Waals surface area contributed by atoms with Gasteiger partial charge >= 0.3 is 0 Å². The molecule has 5 nitrogen and oxygen atoms in total. The highest BCUT2D eigenvalue weighted by atomic mass is 35.5. The van der Waals surface area contributed by atoms with Crippen molar-refractivity contribution in [3.8, 4) is 5.69 Å². The lowest BCUT2D eigenvalue weighted by Crippen LogP contribution is -2.27. The third kappa shape index (κ3) is 4.46. The summed E-state index contributed by atoms with van der Waals surface area (Å²) in [4.78, 5) is 29.7. The summed E-state index contributed by atoms with van der Waals surface area (Å²) in [5, 5.41) is 4.49. The van der Waals surface area contributed by atoms with E-state index in [1.807, 2.05) is 13.0 Å². The molecule has 0 atom stereocenters. The van der Waals surface area contributed by atoms with Gasteiger partial charge in [-0.1, -0.05) is 54.0 Å². The minimum absolute atomic E-state index is 0.113. The Hall–Kier alpha value is -2.02. The molecule has 0 aliphatic heterocycles. The maximum atomic E-state index is 13.1. The standard InChI is InChI=1S/C19H17Cl2N3O2S/c1-2-9-22-17(25)11-27-19-23-15-6-4-3-5-13(15)18(26)24(19)16-8-7-12(20)10-14(16)21/h3-8,10H,2,9,11H2,1H3,(H,22,25). The van der Waals surface area contributed by atoms with Gasteiger partial charge in [-0.25, -0.2) is 4.98 Å². The summed E-state index contributed by atoms with van der Waals surface area (Å²) >= 11 is 13.5. The second kappa shape index (κ2) is 8.78. The van der Waals surface area contributed by atoms with Gasteiger partial charge in [-0.2, -0.15) is 0 Å². The molecule has 0 spiro atoms. The molecule has 0 aliphatic carbocycles. The average molecular weight is 422 g/mol. The van der Waals surface area contributed by atoms with Crippen LogP contribution in [0.4, 0.5) is 0 Å². The Kier molecular flexibility index (Phi) is 6.42. The number of hydrogen-bond donors (Lipinski definition) is 1. The topological polar surface area (TPSA) is 64.0 Å². The summed E-state index contributed by atoms with van der Waals surface area (Å²) < 4.78 is 1.43. The van der Waals surface area contributed by atoms with E-state index in [-0.39, 0.29) is 17.2 Å². The summed E-state index contributed by atoms with van der Waals surface area (Å²) in [6.07, 6.45) is 0.857. The first kappa shape index (κ1) is 19.7. The number of carbonyl (C=O) groups excluding carboxylic acids is 1. The van der Waals surface area contributed by atoms with E-state index in [0.717, 1.165) is 6.42 Å². The fraction of sp³-hybridized carbons (Fsp3) is 0.211. The smallest absolute Gasteiger partial charge is 0.266 e. The second-order valence-corrected chi connectivity index (χ2v) is 7.57. The number of thioether (sulfide) groups is 1. The molecular formula is C19H17Cl2N3O2S. The second-order valence-electron chi connectivity index (χ2n) is 5.79. The normalized spacial score (nSPS) is 10.9. The molecule has 8 heteroatoms. The molecule has 2 aromatic carbocycles. The molecule has 0 unspecified atom stereocenters. The molecule has 3 aromatic rings. The van der Waals surface area contributed by atoms with Crippen molar-refractivity contribution < 1.29 is 4.79 Å². The molecular weight excluding hydrogens is 405 g/mol. The van der Waals surface area contributed by atoms with Crippen LogP contribution in [0.1, 0.15) is 13.3 Å². The average Bonchev–Trinajstić information content (AvgIpc) is 2.66. The minimum atomic E-state index is -0.249. The number of fused-ring (bicyclic) bond motifs is 1. The predicted molar refractivity (Wildman–Crippen MR) is 111 cm³/mol. The Balaban J connectivity index is 2.10. The van der Waals surface area contributed by atoms with Crippen molar-refractivity contribution in [1.29, 1.82) is 0 Å². The molecule has 140 valence electrons. The maximum Gasteiger partial charge on any atom is 0.266 e. The summed E-state index contributed by atoms with van der Waals surface area (Å²) in [5.41, 5.74) is 0.794. The van der Waals surface area contributed by atoms with Gasteiger partial charge < -0.3 is 5.32 Å². The predicted octanol–water partition coefficient (Wildman–Crippen LogP) is 4.31. The van der Waals surface area contributed by atoms with Gasteiger partial charge in [0.2, 0.25) is 5.91 Å². The quantitative estimate of drug-likeness (QED) is 0.475.